The van der Waals surface area contributed by atoms with Crippen LogP contribution in [0.4, 0.5) is 10.5 Å². The van der Waals surface area contributed by atoms with Crippen molar-refractivity contribution in [1.82, 2.24) is 10.6 Å². The Balaban J connectivity index is 0.00000264. The van der Waals surface area contributed by atoms with Gasteiger partial charge in [-0.05, 0) is 30.9 Å². The zero-order valence-corrected chi connectivity index (χ0v) is 15.2. The van der Waals surface area contributed by atoms with Crippen molar-refractivity contribution in [2.75, 3.05) is 18.9 Å². The van der Waals surface area contributed by atoms with Gasteiger partial charge in [0.2, 0.25) is 5.96 Å². The highest BCUT2D eigenvalue weighted by molar-refractivity contribution is 6.39. The van der Waals surface area contributed by atoms with Crippen LogP contribution in [0.5, 0.6) is 0 Å². The van der Waals surface area contributed by atoms with Crippen LogP contribution in [0.2, 0.25) is 10.0 Å². The Labute approximate surface area is 152 Å². The van der Waals surface area contributed by atoms with Gasteiger partial charge in [-0.1, -0.05) is 42.1 Å². The first-order valence-corrected chi connectivity index (χ1v) is 8.10. The average Bonchev–Trinajstić information content (AvgIpc) is 3.01. The summed E-state index contributed by atoms with van der Waals surface area (Å²) in [6, 6.07) is 4.87. The van der Waals surface area contributed by atoms with Crippen LogP contribution in [0, 0.1) is 5.92 Å². The molecule has 3 N–H and O–H groups in total. The monoisotopic (exact) mass is 378 g/mol. The molecule has 2 rings (SSSR count). The molecule has 8 heteroatoms. The number of aliphatic imine (C=N–C) groups is 1. The number of guanidine groups is 1. The van der Waals surface area contributed by atoms with E-state index in [1.165, 1.54) is 25.7 Å². The molecule has 1 fully saturated rings. The van der Waals surface area contributed by atoms with Gasteiger partial charge in [0.25, 0.3) is 0 Å². The first-order valence-electron chi connectivity index (χ1n) is 7.34. The van der Waals surface area contributed by atoms with E-state index >= 15 is 0 Å². The number of carbonyl (C=O) groups excluding carboxylic acids is 1. The van der Waals surface area contributed by atoms with Crippen molar-refractivity contribution in [2.24, 2.45) is 10.9 Å². The summed E-state index contributed by atoms with van der Waals surface area (Å²) in [7, 11) is 1.55. The lowest BCUT2D eigenvalue weighted by molar-refractivity contribution is 0.247. The Morgan fingerprint density at radius 2 is 1.87 bits per heavy atom. The predicted molar refractivity (Wildman–Crippen MR) is 99.2 cm³/mol. The molecule has 0 bridgehead atoms. The standard InChI is InChI=1S/C15H20Cl2N4O.ClH/c1-18-15(22)21-14(19-9-10-5-2-3-6-10)20-13-11(16)7-4-8-12(13)17;/h4,7-8,10H,2-3,5-6,9H2,1H3,(H3,18,19,20,21,22);1H. The van der Waals surface area contributed by atoms with Gasteiger partial charge in [-0.25, -0.2) is 4.79 Å². The van der Waals surface area contributed by atoms with Gasteiger partial charge in [-0.3, -0.25) is 10.3 Å². The van der Waals surface area contributed by atoms with Gasteiger partial charge in [0.05, 0.1) is 15.7 Å². The molecule has 5 nitrogen and oxygen atoms in total. The molecule has 23 heavy (non-hydrogen) atoms. The van der Waals surface area contributed by atoms with Crippen LogP contribution >= 0.6 is 35.6 Å². The van der Waals surface area contributed by atoms with Crippen molar-refractivity contribution in [3.63, 3.8) is 0 Å². The van der Waals surface area contributed by atoms with Crippen LogP contribution < -0.4 is 16.0 Å². The molecule has 128 valence electrons. The number of carbonyl (C=O) groups is 1. The van der Waals surface area contributed by atoms with Gasteiger partial charge in [-0.2, -0.15) is 0 Å². The minimum Gasteiger partial charge on any atom is -0.341 e. The molecule has 0 heterocycles. The number of benzene rings is 1. The number of nitrogens with one attached hydrogen (secondary N) is 3. The molecular formula is C15H21Cl3N4O. The van der Waals surface area contributed by atoms with Crippen LogP contribution in [-0.2, 0) is 0 Å². The molecule has 0 atom stereocenters. The molecule has 0 aliphatic heterocycles. The molecule has 1 aliphatic rings. The second kappa shape index (κ2) is 9.85. The molecule has 0 unspecified atom stereocenters. The summed E-state index contributed by atoms with van der Waals surface area (Å²) in [5.74, 6) is 0.922. The molecule has 2 amide bonds. The van der Waals surface area contributed by atoms with E-state index in [2.05, 4.69) is 20.9 Å². The Kier molecular flexibility index (Phi) is 8.52. The summed E-state index contributed by atoms with van der Waals surface area (Å²) in [5.41, 5.74) is 0.535. The van der Waals surface area contributed by atoms with Gasteiger partial charge in [0.15, 0.2) is 0 Å². The van der Waals surface area contributed by atoms with E-state index in [0.29, 0.717) is 34.2 Å². The molecule has 0 spiro atoms. The Morgan fingerprint density at radius 1 is 1.26 bits per heavy atom. The van der Waals surface area contributed by atoms with E-state index in [-0.39, 0.29) is 18.4 Å². The molecule has 1 aromatic carbocycles. The molecule has 0 aromatic heterocycles. The minimum atomic E-state index is -0.346. The van der Waals surface area contributed by atoms with Crippen molar-refractivity contribution >= 4 is 53.3 Å². The summed E-state index contributed by atoms with van der Waals surface area (Å²) >= 11 is 12.3. The lowest BCUT2D eigenvalue weighted by atomic mass is 10.1. The quantitative estimate of drug-likeness (QED) is 0.541. The van der Waals surface area contributed by atoms with Gasteiger partial charge in [-0.15, -0.1) is 12.4 Å². The highest BCUT2D eigenvalue weighted by Crippen LogP contribution is 2.30. The Bertz CT molecular complexity index is 539. The fourth-order valence-corrected chi connectivity index (χ4v) is 2.92. The molecule has 1 aromatic rings. The third-order valence-corrected chi connectivity index (χ3v) is 4.28. The van der Waals surface area contributed by atoms with Crippen molar-refractivity contribution in [1.29, 1.82) is 0 Å². The maximum atomic E-state index is 11.6. The number of hydrogen-bond donors (Lipinski definition) is 3. The van der Waals surface area contributed by atoms with Crippen LogP contribution in [0.1, 0.15) is 25.7 Å². The molecular weight excluding hydrogens is 359 g/mol. The summed E-state index contributed by atoms with van der Waals surface area (Å²) in [6.45, 7) is 0.675. The van der Waals surface area contributed by atoms with Crippen molar-refractivity contribution < 1.29 is 4.79 Å². The van der Waals surface area contributed by atoms with E-state index in [4.69, 9.17) is 23.2 Å². The summed E-state index contributed by atoms with van der Waals surface area (Å²) in [4.78, 5) is 16.1. The second-order valence-electron chi connectivity index (χ2n) is 5.27. The number of amides is 2. The van der Waals surface area contributed by atoms with E-state index in [1.54, 1.807) is 25.2 Å². The Morgan fingerprint density at radius 3 is 2.43 bits per heavy atom. The van der Waals surface area contributed by atoms with Gasteiger partial charge >= 0.3 is 6.03 Å². The number of para-hydroxylation sites is 1. The predicted octanol–water partition coefficient (Wildman–Crippen LogP) is 4.30. The minimum absolute atomic E-state index is 0. The van der Waals surface area contributed by atoms with E-state index in [9.17, 15) is 4.79 Å². The SMILES string of the molecule is CNC(=O)NC(=NCC1CCCC1)Nc1c(Cl)cccc1Cl.Cl. The lowest BCUT2D eigenvalue weighted by Crippen LogP contribution is -2.41. The number of anilines is 1. The van der Waals surface area contributed by atoms with Gasteiger partial charge in [0, 0.05) is 13.6 Å². The van der Waals surface area contributed by atoms with Crippen LogP contribution in [0.3, 0.4) is 0 Å². The third-order valence-electron chi connectivity index (χ3n) is 3.65. The second-order valence-corrected chi connectivity index (χ2v) is 6.08. The van der Waals surface area contributed by atoms with Crippen molar-refractivity contribution in [2.45, 2.75) is 25.7 Å². The maximum Gasteiger partial charge on any atom is 0.321 e. The largest absolute Gasteiger partial charge is 0.341 e. The summed E-state index contributed by atoms with van der Waals surface area (Å²) in [5, 5.41) is 9.13. The van der Waals surface area contributed by atoms with Gasteiger partial charge < -0.3 is 10.6 Å². The average molecular weight is 380 g/mol. The van der Waals surface area contributed by atoms with Crippen LogP contribution in [0.15, 0.2) is 23.2 Å². The van der Waals surface area contributed by atoms with Gasteiger partial charge in [0.1, 0.15) is 0 Å². The van der Waals surface area contributed by atoms with E-state index in [1.807, 2.05) is 0 Å². The van der Waals surface area contributed by atoms with Crippen LogP contribution in [0.25, 0.3) is 0 Å². The lowest BCUT2D eigenvalue weighted by Gasteiger charge is -2.14. The van der Waals surface area contributed by atoms with Crippen molar-refractivity contribution in [3.8, 4) is 0 Å². The smallest absolute Gasteiger partial charge is 0.321 e. The number of rotatable bonds is 3. The first-order chi connectivity index (χ1) is 10.6. The summed E-state index contributed by atoms with van der Waals surface area (Å²) < 4.78 is 0. The number of urea groups is 1. The number of halogens is 3. The van der Waals surface area contributed by atoms with Crippen LogP contribution in [-0.4, -0.2) is 25.6 Å². The number of hydrogen-bond acceptors (Lipinski definition) is 2. The molecule has 0 saturated heterocycles. The highest BCUT2D eigenvalue weighted by atomic mass is 35.5. The molecule has 1 saturated carbocycles. The normalized spacial score (nSPS) is 15.0. The molecule has 1 aliphatic carbocycles. The zero-order valence-electron chi connectivity index (χ0n) is 12.9. The zero-order chi connectivity index (χ0) is 15.9. The molecule has 0 radical (unpaired) electrons. The number of nitrogens with zero attached hydrogens (tertiary/aromatic N) is 1. The van der Waals surface area contributed by atoms with Crippen molar-refractivity contribution in [3.05, 3.63) is 28.2 Å². The topological polar surface area (TPSA) is 65.5 Å². The summed E-state index contributed by atoms with van der Waals surface area (Å²) in [6.07, 6.45) is 4.87. The maximum absolute atomic E-state index is 11.6. The van der Waals surface area contributed by atoms with E-state index in [0.717, 1.165) is 0 Å². The fourth-order valence-electron chi connectivity index (χ4n) is 2.43. The fraction of sp³-hybridized carbons (Fsp3) is 0.467. The third kappa shape index (κ3) is 6.09. The van der Waals surface area contributed by atoms with E-state index < -0.39 is 0 Å². The first kappa shape index (κ1) is 19.9. The Hall–Kier alpha value is -1.17. The highest BCUT2D eigenvalue weighted by Gasteiger charge is 2.16.